The molecule has 0 bridgehead atoms. The van der Waals surface area contributed by atoms with Gasteiger partial charge in [0.15, 0.2) is 5.78 Å². The second-order valence-corrected chi connectivity index (χ2v) is 4.26. The van der Waals surface area contributed by atoms with Crippen molar-refractivity contribution in [3.8, 4) is 0 Å². The van der Waals surface area contributed by atoms with Gasteiger partial charge in [-0.25, -0.2) is 0 Å². The van der Waals surface area contributed by atoms with Crippen LogP contribution in [0.25, 0.3) is 10.9 Å². The summed E-state index contributed by atoms with van der Waals surface area (Å²) in [6, 6.07) is 9.56. The van der Waals surface area contributed by atoms with E-state index in [0.717, 1.165) is 22.9 Å². The third-order valence-corrected chi connectivity index (χ3v) is 2.71. The van der Waals surface area contributed by atoms with E-state index in [9.17, 15) is 4.79 Å². The molecule has 0 fully saturated rings. The van der Waals surface area contributed by atoms with Gasteiger partial charge in [-0.05, 0) is 25.5 Å². The molecule has 2 nitrogen and oxygen atoms in total. The first-order valence-electron chi connectivity index (χ1n) is 5.70. The van der Waals surface area contributed by atoms with Gasteiger partial charge in [-0.1, -0.05) is 23.8 Å². The van der Waals surface area contributed by atoms with Gasteiger partial charge in [-0.3, -0.25) is 9.78 Å². The van der Waals surface area contributed by atoms with Crippen LogP contribution in [-0.4, -0.2) is 10.8 Å². The van der Waals surface area contributed by atoms with Gasteiger partial charge in [0.1, 0.15) is 0 Å². The van der Waals surface area contributed by atoms with Crippen molar-refractivity contribution >= 4 is 16.7 Å². The molecule has 86 valence electrons. The molecule has 0 atom stereocenters. The van der Waals surface area contributed by atoms with Crippen LogP contribution < -0.4 is 0 Å². The number of Topliss-reactive ketones (excluding diaryl/α,β-unsaturated/α-hetero) is 1. The fourth-order valence-corrected chi connectivity index (χ4v) is 1.79. The average molecular weight is 225 g/mol. The van der Waals surface area contributed by atoms with Crippen molar-refractivity contribution in [2.75, 3.05) is 0 Å². The summed E-state index contributed by atoms with van der Waals surface area (Å²) in [4.78, 5) is 16.4. The first-order valence-corrected chi connectivity index (χ1v) is 5.70. The van der Waals surface area contributed by atoms with Gasteiger partial charge in [0.2, 0.25) is 0 Å². The molecule has 1 heterocycles. The number of allylic oxidation sites excluding steroid dienone is 1. The lowest BCUT2D eigenvalue weighted by Gasteiger charge is -2.04. The number of hydrogen-bond acceptors (Lipinski definition) is 2. The van der Waals surface area contributed by atoms with E-state index in [0.29, 0.717) is 12.0 Å². The van der Waals surface area contributed by atoms with Crippen LogP contribution in [0.5, 0.6) is 0 Å². The minimum absolute atomic E-state index is 0.136. The predicted octanol–water partition coefficient (Wildman–Crippen LogP) is 3.77. The molecule has 2 aromatic rings. The number of carbonyl (C=O) groups excluding carboxylic acids is 1. The molecule has 0 amide bonds. The fourth-order valence-electron chi connectivity index (χ4n) is 1.79. The zero-order chi connectivity index (χ0) is 12.3. The topological polar surface area (TPSA) is 30.0 Å². The van der Waals surface area contributed by atoms with Crippen molar-refractivity contribution in [2.45, 2.75) is 19.8 Å². The van der Waals surface area contributed by atoms with Gasteiger partial charge in [0.25, 0.3) is 0 Å². The Hall–Kier alpha value is -1.96. The molecule has 0 saturated heterocycles. The Kier molecular flexibility index (Phi) is 3.33. The summed E-state index contributed by atoms with van der Waals surface area (Å²) >= 11 is 0. The van der Waals surface area contributed by atoms with Crippen LogP contribution in [0, 0.1) is 0 Å². The van der Waals surface area contributed by atoms with Crippen molar-refractivity contribution in [1.82, 2.24) is 4.98 Å². The van der Waals surface area contributed by atoms with Crippen molar-refractivity contribution in [1.29, 1.82) is 0 Å². The van der Waals surface area contributed by atoms with Crippen molar-refractivity contribution in [3.63, 3.8) is 0 Å². The fraction of sp³-hybridized carbons (Fsp3) is 0.200. The maximum Gasteiger partial charge on any atom is 0.165 e. The number of carbonyl (C=O) groups is 1. The quantitative estimate of drug-likeness (QED) is 0.585. The lowest BCUT2D eigenvalue weighted by atomic mass is 10.0. The zero-order valence-corrected chi connectivity index (χ0v) is 9.94. The highest BCUT2D eigenvalue weighted by Crippen LogP contribution is 2.18. The van der Waals surface area contributed by atoms with E-state index >= 15 is 0 Å². The average Bonchev–Trinajstić information content (AvgIpc) is 2.35. The largest absolute Gasteiger partial charge is 0.294 e. The monoisotopic (exact) mass is 225 g/mol. The molecule has 1 aromatic heterocycles. The van der Waals surface area contributed by atoms with Crippen LogP contribution in [0.3, 0.4) is 0 Å². The molecular formula is C15H15NO. The molecule has 0 aliphatic rings. The zero-order valence-electron chi connectivity index (χ0n) is 9.94. The van der Waals surface area contributed by atoms with Crippen LogP contribution in [0.1, 0.15) is 30.1 Å². The first kappa shape index (κ1) is 11.5. The van der Waals surface area contributed by atoms with Gasteiger partial charge in [-0.2, -0.15) is 0 Å². The third kappa shape index (κ3) is 2.59. The Balaban J connectivity index is 2.35. The number of fused-ring (bicyclic) bond motifs is 1. The van der Waals surface area contributed by atoms with Crippen LogP contribution >= 0.6 is 0 Å². The molecule has 0 radical (unpaired) electrons. The number of para-hydroxylation sites is 1. The summed E-state index contributed by atoms with van der Waals surface area (Å²) < 4.78 is 0. The first-order chi connectivity index (χ1) is 8.18. The molecule has 0 aliphatic carbocycles. The van der Waals surface area contributed by atoms with Crippen molar-refractivity contribution in [2.24, 2.45) is 0 Å². The Labute approximate surface area is 101 Å². The summed E-state index contributed by atoms with van der Waals surface area (Å²) in [5, 5.41) is 1.01. The maximum atomic E-state index is 12.1. The maximum absolute atomic E-state index is 12.1. The molecule has 2 rings (SSSR count). The van der Waals surface area contributed by atoms with E-state index in [1.165, 1.54) is 0 Å². The smallest absolute Gasteiger partial charge is 0.165 e. The highest BCUT2D eigenvalue weighted by Gasteiger charge is 2.10. The lowest BCUT2D eigenvalue weighted by molar-refractivity contribution is 0.0984. The standard InChI is InChI=1S/C15H15NO/c1-11(2)8-9-14(17)13-7-3-5-12-6-4-10-16-15(12)13/h3-7,10H,1,8-9H2,2H3. The molecule has 0 N–H and O–H groups in total. The van der Waals surface area contributed by atoms with E-state index in [2.05, 4.69) is 11.6 Å². The third-order valence-electron chi connectivity index (χ3n) is 2.71. The van der Waals surface area contributed by atoms with Gasteiger partial charge >= 0.3 is 0 Å². The van der Waals surface area contributed by atoms with E-state index in [1.54, 1.807) is 6.20 Å². The Morgan fingerprint density at radius 3 is 2.76 bits per heavy atom. The molecule has 0 aliphatic heterocycles. The van der Waals surface area contributed by atoms with E-state index < -0.39 is 0 Å². The molecular weight excluding hydrogens is 210 g/mol. The molecule has 0 saturated carbocycles. The van der Waals surface area contributed by atoms with Crippen molar-refractivity contribution < 1.29 is 4.79 Å². The Bertz CT molecular complexity index is 567. The normalized spacial score (nSPS) is 10.4. The molecule has 2 heteroatoms. The number of pyridine rings is 1. The van der Waals surface area contributed by atoms with Gasteiger partial charge in [0, 0.05) is 23.6 Å². The van der Waals surface area contributed by atoms with Crippen molar-refractivity contribution in [3.05, 3.63) is 54.2 Å². The second kappa shape index (κ2) is 4.91. The summed E-state index contributed by atoms with van der Waals surface area (Å²) in [5.74, 6) is 0.136. The SMILES string of the molecule is C=C(C)CCC(=O)c1cccc2cccnc12. The molecule has 0 spiro atoms. The van der Waals surface area contributed by atoms with Gasteiger partial charge in [-0.15, -0.1) is 6.58 Å². The van der Waals surface area contributed by atoms with Crippen LogP contribution in [0.4, 0.5) is 0 Å². The Morgan fingerprint density at radius 2 is 2.00 bits per heavy atom. The molecule has 0 unspecified atom stereocenters. The highest BCUT2D eigenvalue weighted by atomic mass is 16.1. The number of hydrogen-bond donors (Lipinski definition) is 0. The summed E-state index contributed by atoms with van der Waals surface area (Å²) in [7, 11) is 0. The van der Waals surface area contributed by atoms with Crippen LogP contribution in [-0.2, 0) is 0 Å². The number of aromatic nitrogens is 1. The minimum Gasteiger partial charge on any atom is -0.294 e. The number of benzene rings is 1. The number of nitrogens with zero attached hydrogens (tertiary/aromatic N) is 1. The number of rotatable bonds is 4. The van der Waals surface area contributed by atoms with Crippen LogP contribution in [0.15, 0.2) is 48.7 Å². The number of ketones is 1. The minimum atomic E-state index is 0.136. The summed E-state index contributed by atoms with van der Waals surface area (Å²) in [6.07, 6.45) is 2.96. The van der Waals surface area contributed by atoms with E-state index in [1.807, 2.05) is 37.3 Å². The molecule has 17 heavy (non-hydrogen) atoms. The molecule has 1 aromatic carbocycles. The Morgan fingerprint density at radius 1 is 1.24 bits per heavy atom. The predicted molar refractivity (Wildman–Crippen MR) is 70.1 cm³/mol. The lowest BCUT2D eigenvalue weighted by Crippen LogP contribution is -2.01. The van der Waals surface area contributed by atoms with Crippen LogP contribution in [0.2, 0.25) is 0 Å². The van der Waals surface area contributed by atoms with Gasteiger partial charge < -0.3 is 0 Å². The highest BCUT2D eigenvalue weighted by molar-refractivity contribution is 6.06. The summed E-state index contributed by atoms with van der Waals surface area (Å²) in [6.45, 7) is 5.75. The summed E-state index contributed by atoms with van der Waals surface area (Å²) in [5.41, 5.74) is 2.54. The van der Waals surface area contributed by atoms with Gasteiger partial charge in [0.05, 0.1) is 5.52 Å². The van der Waals surface area contributed by atoms with E-state index in [4.69, 9.17) is 0 Å². The van der Waals surface area contributed by atoms with E-state index in [-0.39, 0.29) is 5.78 Å². The second-order valence-electron chi connectivity index (χ2n) is 4.26.